The first kappa shape index (κ1) is 22.7. The number of aliphatic carboxylic acids is 1. The summed E-state index contributed by atoms with van der Waals surface area (Å²) in [7, 11) is 0. The van der Waals surface area contributed by atoms with E-state index >= 15 is 0 Å². The second kappa shape index (κ2) is 10.9. The van der Waals surface area contributed by atoms with Gasteiger partial charge in [-0.1, -0.05) is 24.3 Å². The standard InChI is InChI=1S/C24H25N3O5/c1-2-31-22-15-18(8-9-21(22)32-17-23(28)29)14-19(16-25)24(30)27-12-10-26(11-13-27)20-6-4-3-5-7-20/h3-9,14-15H,2,10-13,17H2,1H3,(H,28,29)/b19-14-. The zero-order valence-electron chi connectivity index (χ0n) is 17.9. The van der Waals surface area contributed by atoms with Gasteiger partial charge < -0.3 is 24.4 Å². The largest absolute Gasteiger partial charge is 0.490 e. The van der Waals surface area contributed by atoms with Gasteiger partial charge in [0, 0.05) is 31.9 Å². The van der Waals surface area contributed by atoms with Crippen LogP contribution in [0.5, 0.6) is 11.5 Å². The molecule has 2 aromatic rings. The highest BCUT2D eigenvalue weighted by Crippen LogP contribution is 2.29. The Morgan fingerprint density at radius 2 is 1.78 bits per heavy atom. The van der Waals surface area contributed by atoms with Crippen molar-refractivity contribution in [3.8, 4) is 17.6 Å². The summed E-state index contributed by atoms with van der Waals surface area (Å²) in [5.74, 6) is -0.775. The number of carboxylic acid groups (broad SMARTS) is 1. The quantitative estimate of drug-likeness (QED) is 0.502. The second-order valence-electron chi connectivity index (χ2n) is 7.11. The van der Waals surface area contributed by atoms with E-state index in [9.17, 15) is 14.9 Å². The smallest absolute Gasteiger partial charge is 0.341 e. The number of carbonyl (C=O) groups is 2. The van der Waals surface area contributed by atoms with Crippen molar-refractivity contribution in [3.05, 3.63) is 59.7 Å². The number of hydrogen-bond donors (Lipinski definition) is 1. The Labute approximate surface area is 186 Å². The molecule has 166 valence electrons. The van der Waals surface area contributed by atoms with Gasteiger partial charge in [0.25, 0.3) is 5.91 Å². The van der Waals surface area contributed by atoms with Crippen LogP contribution in [0.3, 0.4) is 0 Å². The Morgan fingerprint density at radius 1 is 1.06 bits per heavy atom. The predicted octanol–water partition coefficient (Wildman–Crippen LogP) is 2.80. The number of nitriles is 1. The van der Waals surface area contributed by atoms with Crippen LogP contribution < -0.4 is 14.4 Å². The fraction of sp³-hybridized carbons (Fsp3) is 0.292. The Bertz CT molecular complexity index is 1020. The van der Waals surface area contributed by atoms with Crippen LogP contribution in [0.25, 0.3) is 6.08 Å². The third kappa shape index (κ3) is 5.79. The van der Waals surface area contributed by atoms with Gasteiger partial charge in [0.05, 0.1) is 6.61 Å². The van der Waals surface area contributed by atoms with Crippen molar-refractivity contribution in [2.24, 2.45) is 0 Å². The molecule has 8 nitrogen and oxygen atoms in total. The molecule has 1 aliphatic rings. The number of hydrogen-bond acceptors (Lipinski definition) is 6. The number of nitrogens with zero attached hydrogens (tertiary/aromatic N) is 3. The number of carboxylic acids is 1. The summed E-state index contributed by atoms with van der Waals surface area (Å²) in [6.45, 7) is 4.09. The molecule has 1 amide bonds. The fourth-order valence-corrected chi connectivity index (χ4v) is 3.43. The van der Waals surface area contributed by atoms with Crippen molar-refractivity contribution in [2.45, 2.75) is 6.92 Å². The molecule has 0 unspecified atom stereocenters. The molecule has 1 heterocycles. The van der Waals surface area contributed by atoms with E-state index in [1.54, 1.807) is 30.0 Å². The van der Waals surface area contributed by atoms with Gasteiger partial charge in [-0.2, -0.15) is 5.26 Å². The summed E-state index contributed by atoms with van der Waals surface area (Å²) in [4.78, 5) is 27.6. The number of para-hydroxylation sites is 1. The maximum Gasteiger partial charge on any atom is 0.341 e. The lowest BCUT2D eigenvalue weighted by Gasteiger charge is -2.36. The van der Waals surface area contributed by atoms with E-state index in [0.29, 0.717) is 44.1 Å². The topological polar surface area (TPSA) is 103 Å². The lowest BCUT2D eigenvalue weighted by atomic mass is 10.1. The van der Waals surface area contributed by atoms with Crippen LogP contribution in [0.4, 0.5) is 5.69 Å². The Kier molecular flexibility index (Phi) is 7.70. The van der Waals surface area contributed by atoms with Gasteiger partial charge in [0.2, 0.25) is 0 Å². The first-order chi connectivity index (χ1) is 15.5. The normalized spacial score (nSPS) is 13.9. The molecule has 3 rings (SSSR count). The van der Waals surface area contributed by atoms with Gasteiger partial charge in [-0.3, -0.25) is 4.79 Å². The van der Waals surface area contributed by atoms with Gasteiger partial charge in [-0.25, -0.2) is 4.79 Å². The summed E-state index contributed by atoms with van der Waals surface area (Å²) >= 11 is 0. The Balaban J connectivity index is 1.71. The minimum Gasteiger partial charge on any atom is -0.490 e. The monoisotopic (exact) mass is 435 g/mol. The molecule has 8 heteroatoms. The van der Waals surface area contributed by atoms with Crippen LogP contribution in [0, 0.1) is 11.3 Å². The van der Waals surface area contributed by atoms with E-state index < -0.39 is 12.6 Å². The van der Waals surface area contributed by atoms with Gasteiger partial charge in [0.1, 0.15) is 11.6 Å². The lowest BCUT2D eigenvalue weighted by Crippen LogP contribution is -2.49. The van der Waals surface area contributed by atoms with Crippen molar-refractivity contribution >= 4 is 23.6 Å². The number of piperazine rings is 1. The van der Waals surface area contributed by atoms with Crippen LogP contribution in [-0.4, -0.2) is 61.3 Å². The molecular weight excluding hydrogens is 410 g/mol. The van der Waals surface area contributed by atoms with Crippen molar-refractivity contribution in [1.82, 2.24) is 4.90 Å². The molecule has 0 spiro atoms. The number of rotatable bonds is 8. The molecule has 1 fully saturated rings. The number of benzene rings is 2. The minimum atomic E-state index is -1.10. The Hall–Kier alpha value is -3.99. The molecule has 0 saturated carbocycles. The summed E-state index contributed by atoms with van der Waals surface area (Å²) in [6.07, 6.45) is 1.51. The summed E-state index contributed by atoms with van der Waals surface area (Å²) in [6, 6.07) is 16.9. The van der Waals surface area contributed by atoms with Crippen molar-refractivity contribution < 1.29 is 24.2 Å². The third-order valence-corrected chi connectivity index (χ3v) is 4.97. The number of amides is 1. The maximum absolute atomic E-state index is 12.9. The third-order valence-electron chi connectivity index (χ3n) is 4.97. The van der Waals surface area contributed by atoms with Crippen molar-refractivity contribution in [3.63, 3.8) is 0 Å². The van der Waals surface area contributed by atoms with Crippen LogP contribution >= 0.6 is 0 Å². The van der Waals surface area contributed by atoms with Gasteiger partial charge >= 0.3 is 5.97 Å². The molecule has 1 aliphatic heterocycles. The van der Waals surface area contributed by atoms with Crippen LogP contribution in [0.15, 0.2) is 54.1 Å². The lowest BCUT2D eigenvalue weighted by molar-refractivity contribution is -0.139. The summed E-state index contributed by atoms with van der Waals surface area (Å²) in [5.41, 5.74) is 1.73. The van der Waals surface area contributed by atoms with Gasteiger partial charge in [0.15, 0.2) is 18.1 Å². The number of ether oxygens (including phenoxy) is 2. The fourth-order valence-electron chi connectivity index (χ4n) is 3.43. The van der Waals surface area contributed by atoms with E-state index in [2.05, 4.69) is 4.90 Å². The van der Waals surface area contributed by atoms with E-state index in [-0.39, 0.29) is 17.2 Å². The van der Waals surface area contributed by atoms with Crippen molar-refractivity contribution in [2.75, 3.05) is 44.3 Å². The highest BCUT2D eigenvalue weighted by Gasteiger charge is 2.24. The summed E-state index contributed by atoms with van der Waals surface area (Å²) in [5, 5.41) is 18.4. The van der Waals surface area contributed by atoms with E-state index in [4.69, 9.17) is 14.6 Å². The zero-order valence-corrected chi connectivity index (χ0v) is 17.9. The molecule has 32 heavy (non-hydrogen) atoms. The average molecular weight is 435 g/mol. The van der Waals surface area contributed by atoms with Gasteiger partial charge in [-0.15, -0.1) is 0 Å². The SMILES string of the molecule is CCOc1cc(/C=C(/C#N)C(=O)N2CCN(c3ccccc3)CC2)ccc1OCC(=O)O. The number of anilines is 1. The molecule has 0 aromatic heterocycles. The second-order valence-corrected chi connectivity index (χ2v) is 7.11. The molecule has 0 radical (unpaired) electrons. The minimum absolute atomic E-state index is 0.0276. The highest BCUT2D eigenvalue weighted by atomic mass is 16.5. The van der Waals surface area contributed by atoms with Gasteiger partial charge in [-0.05, 0) is 42.8 Å². The molecule has 0 aliphatic carbocycles. The van der Waals surface area contributed by atoms with Crippen molar-refractivity contribution in [1.29, 1.82) is 5.26 Å². The van der Waals surface area contributed by atoms with Crippen LogP contribution in [0.2, 0.25) is 0 Å². The molecular formula is C24H25N3O5. The molecule has 0 atom stereocenters. The predicted molar refractivity (Wildman–Crippen MR) is 120 cm³/mol. The van der Waals surface area contributed by atoms with Crippen LogP contribution in [0.1, 0.15) is 12.5 Å². The van der Waals surface area contributed by atoms with E-state index in [0.717, 1.165) is 5.69 Å². The highest BCUT2D eigenvalue weighted by molar-refractivity contribution is 6.01. The first-order valence-electron chi connectivity index (χ1n) is 10.3. The number of carbonyl (C=O) groups excluding carboxylic acids is 1. The Morgan fingerprint density at radius 3 is 2.41 bits per heavy atom. The molecule has 1 saturated heterocycles. The van der Waals surface area contributed by atoms with E-state index in [1.165, 1.54) is 6.08 Å². The van der Waals surface area contributed by atoms with E-state index in [1.807, 2.05) is 36.4 Å². The molecule has 1 N–H and O–H groups in total. The average Bonchev–Trinajstić information content (AvgIpc) is 2.82. The summed E-state index contributed by atoms with van der Waals surface area (Å²) < 4.78 is 10.8. The van der Waals surface area contributed by atoms with Crippen LogP contribution in [-0.2, 0) is 9.59 Å². The first-order valence-corrected chi connectivity index (χ1v) is 10.3. The molecule has 0 bridgehead atoms. The molecule has 2 aromatic carbocycles. The zero-order chi connectivity index (χ0) is 22.9. The maximum atomic E-state index is 12.9.